The van der Waals surface area contributed by atoms with Crippen molar-refractivity contribution in [1.29, 1.82) is 0 Å². The Balaban J connectivity index is 1.02. The fraction of sp³-hybridized carbons (Fsp3) is 0.0500. The standard InChI is InChI=1S/C40H34N16O6/c1-61-33-19-11-29(12-20-33)45-37-47-35(43-27-7-15-31(16-8-27)55(57)58)49-39(51-37)53-41-23-25-3-5-26(6-4-25)24-42-54-40-50-36(44-28-9-17-32(18-10-28)56(59)60)48-38(52-40)46-30-13-21-34(62-2)22-14-30/h3-24H,1-2H3,(H3,43,45,47,49,51,53)(H3,44,46,48,50,52,54). The summed E-state index contributed by atoms with van der Waals surface area (Å²) in [6.07, 6.45) is 3.15. The van der Waals surface area contributed by atoms with Gasteiger partial charge in [0.15, 0.2) is 0 Å². The molecule has 0 spiro atoms. The van der Waals surface area contributed by atoms with Crippen molar-refractivity contribution in [2.45, 2.75) is 0 Å². The number of nitrogens with one attached hydrogen (secondary N) is 6. The largest absolute Gasteiger partial charge is 0.497 e. The number of non-ortho nitro benzene ring substituents is 2. The molecule has 0 amide bonds. The predicted molar refractivity (Wildman–Crippen MR) is 234 cm³/mol. The minimum Gasteiger partial charge on any atom is -0.497 e. The molecule has 7 aromatic rings. The Labute approximate surface area is 351 Å². The van der Waals surface area contributed by atoms with E-state index in [-0.39, 0.29) is 47.1 Å². The maximum Gasteiger partial charge on any atom is 0.269 e. The number of hydrazone groups is 2. The number of aromatic nitrogens is 6. The van der Waals surface area contributed by atoms with Gasteiger partial charge in [-0.05, 0) is 83.9 Å². The number of ether oxygens (including phenoxy) is 2. The van der Waals surface area contributed by atoms with E-state index < -0.39 is 9.85 Å². The lowest BCUT2D eigenvalue weighted by molar-refractivity contribution is -0.385. The molecule has 6 N–H and O–H groups in total. The van der Waals surface area contributed by atoms with Gasteiger partial charge >= 0.3 is 0 Å². The first kappa shape index (κ1) is 40.8. The molecular weight excluding hydrogens is 801 g/mol. The summed E-state index contributed by atoms with van der Waals surface area (Å²) in [7, 11) is 3.15. The summed E-state index contributed by atoms with van der Waals surface area (Å²) in [5.41, 5.74) is 9.44. The van der Waals surface area contributed by atoms with Crippen LogP contribution in [0.1, 0.15) is 11.1 Å². The average molecular weight is 835 g/mol. The fourth-order valence-electron chi connectivity index (χ4n) is 5.27. The number of nitro groups is 2. The molecule has 2 aromatic heterocycles. The summed E-state index contributed by atoms with van der Waals surface area (Å²) < 4.78 is 10.5. The average Bonchev–Trinajstić information content (AvgIpc) is 3.28. The van der Waals surface area contributed by atoms with Gasteiger partial charge in [-0.2, -0.15) is 40.1 Å². The number of hydrogen-bond acceptors (Lipinski definition) is 20. The molecule has 0 aliphatic rings. The smallest absolute Gasteiger partial charge is 0.269 e. The van der Waals surface area contributed by atoms with Crippen molar-refractivity contribution < 1.29 is 19.3 Å². The van der Waals surface area contributed by atoms with E-state index in [1.165, 1.54) is 24.3 Å². The second kappa shape index (κ2) is 19.4. The van der Waals surface area contributed by atoms with Crippen LogP contribution < -0.4 is 41.6 Å². The normalized spacial score (nSPS) is 10.9. The topological polar surface area (TPSA) is 279 Å². The number of methoxy groups -OCH3 is 2. The first-order chi connectivity index (χ1) is 30.2. The lowest BCUT2D eigenvalue weighted by Crippen LogP contribution is -2.07. The van der Waals surface area contributed by atoms with Gasteiger partial charge in [0.25, 0.3) is 11.4 Å². The number of anilines is 10. The summed E-state index contributed by atoms with van der Waals surface area (Å²) in [6, 6.07) is 33.3. The van der Waals surface area contributed by atoms with Crippen LogP contribution in [0.25, 0.3) is 0 Å². The third-order valence-electron chi connectivity index (χ3n) is 8.32. The van der Waals surface area contributed by atoms with E-state index in [1.54, 1.807) is 99.4 Å². The van der Waals surface area contributed by atoms with Gasteiger partial charge in [0.1, 0.15) is 11.5 Å². The van der Waals surface area contributed by atoms with Crippen molar-refractivity contribution in [3.05, 3.63) is 153 Å². The van der Waals surface area contributed by atoms with Crippen LogP contribution in [-0.4, -0.2) is 66.4 Å². The molecule has 22 nitrogen and oxygen atoms in total. The number of nitro benzene ring substituents is 2. The fourth-order valence-corrected chi connectivity index (χ4v) is 5.27. The van der Waals surface area contributed by atoms with Crippen LogP contribution in [0, 0.1) is 20.2 Å². The van der Waals surface area contributed by atoms with E-state index in [1.807, 2.05) is 24.3 Å². The van der Waals surface area contributed by atoms with Gasteiger partial charge in [0.05, 0.1) is 36.5 Å². The SMILES string of the molecule is COc1ccc(Nc2nc(NN=Cc3ccc(C=NNc4nc(Nc5ccc(OC)cc5)nc(Nc5ccc([N+](=O)[O-])cc5)n4)cc3)nc(Nc3ccc([N+](=O)[O-])cc3)n2)cc1. The highest BCUT2D eigenvalue weighted by Crippen LogP contribution is 2.24. The van der Waals surface area contributed by atoms with Crippen molar-refractivity contribution in [3.63, 3.8) is 0 Å². The number of benzene rings is 5. The molecule has 0 saturated heterocycles. The van der Waals surface area contributed by atoms with Crippen LogP contribution in [0.3, 0.4) is 0 Å². The summed E-state index contributed by atoms with van der Waals surface area (Å²) >= 11 is 0. The summed E-state index contributed by atoms with van der Waals surface area (Å²) in [5, 5.41) is 43.1. The molecule has 0 bridgehead atoms. The molecule has 310 valence electrons. The van der Waals surface area contributed by atoms with Crippen molar-refractivity contribution >= 4 is 82.2 Å². The van der Waals surface area contributed by atoms with Crippen LogP contribution in [0.4, 0.5) is 69.8 Å². The van der Waals surface area contributed by atoms with Gasteiger partial charge in [-0.15, -0.1) is 0 Å². The minimum absolute atomic E-state index is 0.0546. The molecule has 0 fully saturated rings. The second-order valence-electron chi connectivity index (χ2n) is 12.6. The summed E-state index contributed by atoms with van der Waals surface area (Å²) in [4.78, 5) is 47.8. The zero-order valence-electron chi connectivity index (χ0n) is 32.6. The molecular formula is C40H34N16O6. The van der Waals surface area contributed by atoms with Crippen molar-refractivity contribution in [2.75, 3.05) is 46.3 Å². The maximum atomic E-state index is 11.1. The van der Waals surface area contributed by atoms with E-state index in [4.69, 9.17) is 9.47 Å². The van der Waals surface area contributed by atoms with Gasteiger partial charge < -0.3 is 30.7 Å². The molecule has 2 heterocycles. The molecule has 0 saturated carbocycles. The first-order valence-electron chi connectivity index (χ1n) is 18.2. The molecule has 0 atom stereocenters. The van der Waals surface area contributed by atoms with Crippen LogP contribution in [0.2, 0.25) is 0 Å². The van der Waals surface area contributed by atoms with E-state index in [0.29, 0.717) is 34.2 Å². The van der Waals surface area contributed by atoms with Gasteiger partial charge in [0, 0.05) is 47.0 Å². The molecule has 7 rings (SSSR count). The van der Waals surface area contributed by atoms with Crippen molar-refractivity contribution in [2.24, 2.45) is 10.2 Å². The molecule has 62 heavy (non-hydrogen) atoms. The first-order valence-corrected chi connectivity index (χ1v) is 18.2. The lowest BCUT2D eigenvalue weighted by atomic mass is 10.2. The quantitative estimate of drug-likeness (QED) is 0.0274. The monoisotopic (exact) mass is 834 g/mol. The highest BCUT2D eigenvalue weighted by Gasteiger charge is 2.12. The van der Waals surface area contributed by atoms with Crippen LogP contribution in [-0.2, 0) is 0 Å². The number of hydrogen-bond donors (Lipinski definition) is 6. The highest BCUT2D eigenvalue weighted by atomic mass is 16.6. The minimum atomic E-state index is -0.483. The Morgan fingerprint density at radius 3 is 0.984 bits per heavy atom. The number of rotatable bonds is 18. The van der Waals surface area contributed by atoms with Gasteiger partial charge in [-0.3, -0.25) is 20.2 Å². The lowest BCUT2D eigenvalue weighted by Gasteiger charge is -2.10. The van der Waals surface area contributed by atoms with E-state index >= 15 is 0 Å². The zero-order chi connectivity index (χ0) is 43.3. The molecule has 22 heteroatoms. The Hall–Kier alpha value is -9.34. The van der Waals surface area contributed by atoms with E-state index in [2.05, 4.69) is 72.2 Å². The van der Waals surface area contributed by atoms with Crippen LogP contribution in [0.5, 0.6) is 11.5 Å². The summed E-state index contributed by atoms with van der Waals surface area (Å²) in [5.74, 6) is 2.28. The van der Waals surface area contributed by atoms with Crippen molar-refractivity contribution in [1.82, 2.24) is 29.9 Å². The molecule has 5 aromatic carbocycles. The third-order valence-corrected chi connectivity index (χ3v) is 8.32. The highest BCUT2D eigenvalue weighted by molar-refractivity contribution is 5.84. The van der Waals surface area contributed by atoms with Gasteiger partial charge in [0.2, 0.25) is 35.7 Å². The second-order valence-corrected chi connectivity index (χ2v) is 12.6. The Morgan fingerprint density at radius 2 is 0.710 bits per heavy atom. The Kier molecular flexibility index (Phi) is 12.8. The van der Waals surface area contributed by atoms with Crippen LogP contribution in [0.15, 0.2) is 132 Å². The molecule has 0 unspecified atom stereocenters. The van der Waals surface area contributed by atoms with Gasteiger partial charge in [-0.25, -0.2) is 10.9 Å². The predicted octanol–water partition coefficient (Wildman–Crippen LogP) is 7.76. The third kappa shape index (κ3) is 11.4. The Morgan fingerprint density at radius 1 is 0.435 bits per heavy atom. The molecule has 0 aliphatic carbocycles. The molecule has 0 radical (unpaired) electrons. The summed E-state index contributed by atoms with van der Waals surface area (Å²) in [6.45, 7) is 0. The maximum absolute atomic E-state index is 11.1. The Bertz CT molecular complexity index is 2520. The van der Waals surface area contributed by atoms with E-state index in [0.717, 1.165) is 11.1 Å². The molecule has 0 aliphatic heterocycles. The van der Waals surface area contributed by atoms with Crippen LogP contribution >= 0.6 is 0 Å². The van der Waals surface area contributed by atoms with E-state index in [9.17, 15) is 20.2 Å². The van der Waals surface area contributed by atoms with Crippen molar-refractivity contribution in [3.8, 4) is 11.5 Å². The zero-order valence-corrected chi connectivity index (χ0v) is 32.6. The number of nitrogens with zero attached hydrogens (tertiary/aromatic N) is 10. The van der Waals surface area contributed by atoms with Gasteiger partial charge in [-0.1, -0.05) is 24.3 Å².